The monoisotopic (exact) mass is 399 g/mol. The molecule has 20 heavy (non-hydrogen) atoms. The van der Waals surface area contributed by atoms with E-state index in [0.717, 1.165) is 10.0 Å². The van der Waals surface area contributed by atoms with Crippen LogP contribution in [0.4, 0.5) is 4.39 Å². The van der Waals surface area contributed by atoms with E-state index >= 15 is 0 Å². The molecule has 2 aromatic carbocycles. The highest BCUT2D eigenvalue weighted by molar-refractivity contribution is 9.10. The van der Waals surface area contributed by atoms with Crippen LogP contribution in [-0.4, -0.2) is 7.05 Å². The molecule has 0 amide bonds. The number of aryl methyl sites for hydroxylation is 2. The molecule has 106 valence electrons. The number of hydrogen-bond donors (Lipinski definition) is 1. The minimum atomic E-state index is -0.243. The Morgan fingerprint density at radius 3 is 2.30 bits per heavy atom. The van der Waals surface area contributed by atoms with Gasteiger partial charge in [0.05, 0.1) is 10.5 Å². The fourth-order valence-corrected chi connectivity index (χ4v) is 3.16. The maximum atomic E-state index is 13.4. The number of nitrogens with one attached hydrogen (secondary N) is 1. The lowest BCUT2D eigenvalue weighted by molar-refractivity contribution is 0.616. The first-order valence-electron chi connectivity index (χ1n) is 6.33. The molecule has 2 aromatic rings. The zero-order chi connectivity index (χ0) is 14.9. The fourth-order valence-electron chi connectivity index (χ4n) is 2.31. The van der Waals surface area contributed by atoms with Crippen molar-refractivity contribution in [3.05, 3.63) is 67.3 Å². The maximum absolute atomic E-state index is 13.4. The van der Waals surface area contributed by atoms with E-state index in [4.69, 9.17) is 0 Å². The minimum absolute atomic E-state index is 0.0405. The van der Waals surface area contributed by atoms with Gasteiger partial charge in [-0.25, -0.2) is 4.39 Å². The third kappa shape index (κ3) is 3.13. The quantitative estimate of drug-likeness (QED) is 0.739. The van der Waals surface area contributed by atoms with Crippen molar-refractivity contribution in [2.75, 3.05) is 7.05 Å². The third-order valence-electron chi connectivity index (χ3n) is 3.42. The Morgan fingerprint density at radius 2 is 1.70 bits per heavy atom. The molecule has 0 aliphatic rings. The lowest BCUT2D eigenvalue weighted by atomic mass is 9.93. The highest BCUT2D eigenvalue weighted by atomic mass is 79.9. The zero-order valence-corrected chi connectivity index (χ0v) is 14.8. The van der Waals surface area contributed by atoms with Gasteiger partial charge in [0.2, 0.25) is 0 Å². The van der Waals surface area contributed by atoms with Crippen LogP contribution in [0.2, 0.25) is 0 Å². The lowest BCUT2D eigenvalue weighted by Crippen LogP contribution is -2.19. The molecule has 1 N–H and O–H groups in total. The summed E-state index contributed by atoms with van der Waals surface area (Å²) >= 11 is 6.80. The second-order valence-electron chi connectivity index (χ2n) is 4.85. The first-order chi connectivity index (χ1) is 9.43. The van der Waals surface area contributed by atoms with E-state index in [1.54, 1.807) is 0 Å². The van der Waals surface area contributed by atoms with E-state index in [9.17, 15) is 4.39 Å². The van der Waals surface area contributed by atoms with Gasteiger partial charge in [-0.1, -0.05) is 28.1 Å². The van der Waals surface area contributed by atoms with E-state index in [0.29, 0.717) is 4.47 Å². The van der Waals surface area contributed by atoms with Gasteiger partial charge in [0.1, 0.15) is 5.82 Å². The molecule has 0 bridgehead atoms. The minimum Gasteiger partial charge on any atom is -0.309 e. The van der Waals surface area contributed by atoms with Gasteiger partial charge >= 0.3 is 0 Å². The van der Waals surface area contributed by atoms with Crippen LogP contribution in [0.1, 0.15) is 28.3 Å². The van der Waals surface area contributed by atoms with E-state index in [1.807, 2.05) is 19.2 Å². The van der Waals surface area contributed by atoms with Gasteiger partial charge in [-0.05, 0) is 77.3 Å². The average Bonchev–Trinajstić information content (AvgIpc) is 2.40. The van der Waals surface area contributed by atoms with Crippen LogP contribution < -0.4 is 5.32 Å². The molecule has 0 aromatic heterocycles. The lowest BCUT2D eigenvalue weighted by Gasteiger charge is -2.21. The Balaban J connectivity index is 2.52. The van der Waals surface area contributed by atoms with Gasteiger partial charge in [0.25, 0.3) is 0 Å². The molecule has 0 heterocycles. The van der Waals surface area contributed by atoms with Crippen molar-refractivity contribution in [3.8, 4) is 0 Å². The summed E-state index contributed by atoms with van der Waals surface area (Å²) in [6, 6.07) is 9.46. The van der Waals surface area contributed by atoms with Crippen LogP contribution in [-0.2, 0) is 0 Å². The van der Waals surface area contributed by atoms with Crippen LogP contribution in [0, 0.1) is 19.7 Å². The summed E-state index contributed by atoms with van der Waals surface area (Å²) in [6.45, 7) is 4.16. The summed E-state index contributed by atoms with van der Waals surface area (Å²) in [7, 11) is 1.92. The van der Waals surface area contributed by atoms with Gasteiger partial charge in [-0.3, -0.25) is 0 Å². The molecule has 1 unspecified atom stereocenters. The highest BCUT2D eigenvalue weighted by Gasteiger charge is 2.16. The van der Waals surface area contributed by atoms with Gasteiger partial charge in [-0.15, -0.1) is 0 Å². The summed E-state index contributed by atoms with van der Waals surface area (Å²) in [4.78, 5) is 0. The van der Waals surface area contributed by atoms with Gasteiger partial charge < -0.3 is 5.32 Å². The van der Waals surface area contributed by atoms with E-state index in [-0.39, 0.29) is 11.9 Å². The molecule has 1 atom stereocenters. The van der Waals surface area contributed by atoms with Crippen molar-refractivity contribution < 1.29 is 4.39 Å². The third-order valence-corrected chi connectivity index (χ3v) is 4.89. The molecule has 2 rings (SSSR count). The predicted molar refractivity (Wildman–Crippen MR) is 88.6 cm³/mol. The van der Waals surface area contributed by atoms with Crippen LogP contribution in [0.3, 0.4) is 0 Å². The smallest absolute Gasteiger partial charge is 0.137 e. The van der Waals surface area contributed by atoms with Crippen molar-refractivity contribution in [1.82, 2.24) is 5.32 Å². The van der Waals surface area contributed by atoms with Crippen molar-refractivity contribution in [1.29, 1.82) is 0 Å². The van der Waals surface area contributed by atoms with Crippen LogP contribution in [0.25, 0.3) is 0 Å². The van der Waals surface area contributed by atoms with Crippen molar-refractivity contribution >= 4 is 31.9 Å². The Labute approximate surface area is 135 Å². The molecule has 0 saturated carbocycles. The second kappa shape index (κ2) is 6.37. The van der Waals surface area contributed by atoms with Crippen LogP contribution in [0.15, 0.2) is 39.3 Å². The van der Waals surface area contributed by atoms with Crippen molar-refractivity contribution in [2.45, 2.75) is 19.9 Å². The number of benzene rings is 2. The first kappa shape index (κ1) is 15.7. The average molecular weight is 401 g/mol. The maximum Gasteiger partial charge on any atom is 0.137 e. The van der Waals surface area contributed by atoms with Crippen molar-refractivity contribution in [3.63, 3.8) is 0 Å². The standard InChI is InChI=1S/C16H16Br2FN/c1-9-7-13(17)10(2)6-12(9)16(20-3)11-4-5-15(19)14(18)8-11/h4-8,16,20H,1-3H3. The van der Waals surface area contributed by atoms with Crippen LogP contribution >= 0.6 is 31.9 Å². The molecular weight excluding hydrogens is 385 g/mol. The number of hydrogen-bond acceptors (Lipinski definition) is 1. The topological polar surface area (TPSA) is 12.0 Å². The highest BCUT2D eigenvalue weighted by Crippen LogP contribution is 2.30. The van der Waals surface area contributed by atoms with Gasteiger partial charge in [0, 0.05) is 4.47 Å². The molecule has 0 fully saturated rings. The summed E-state index contributed by atoms with van der Waals surface area (Å²) in [6.07, 6.45) is 0. The first-order valence-corrected chi connectivity index (χ1v) is 7.91. The molecule has 1 nitrogen and oxygen atoms in total. The number of rotatable bonds is 3. The summed E-state index contributed by atoms with van der Waals surface area (Å²) in [5.74, 6) is -0.243. The zero-order valence-electron chi connectivity index (χ0n) is 11.6. The summed E-state index contributed by atoms with van der Waals surface area (Å²) < 4.78 is 15.0. The van der Waals surface area contributed by atoms with Crippen molar-refractivity contribution in [2.24, 2.45) is 0 Å². The Morgan fingerprint density at radius 1 is 1.00 bits per heavy atom. The van der Waals surface area contributed by atoms with E-state index in [2.05, 4.69) is 63.2 Å². The molecular formula is C16H16Br2FN. The molecule has 0 aliphatic carbocycles. The summed E-state index contributed by atoms with van der Waals surface area (Å²) in [5, 5.41) is 3.31. The molecule has 4 heteroatoms. The normalized spacial score (nSPS) is 12.5. The summed E-state index contributed by atoms with van der Waals surface area (Å²) in [5.41, 5.74) is 4.62. The Bertz CT molecular complexity index is 641. The molecule has 0 saturated heterocycles. The number of halogens is 3. The SMILES string of the molecule is CNC(c1ccc(F)c(Br)c1)c1cc(C)c(Br)cc1C. The van der Waals surface area contributed by atoms with Gasteiger partial charge in [-0.2, -0.15) is 0 Å². The second-order valence-corrected chi connectivity index (χ2v) is 6.56. The Hall–Kier alpha value is -0.710. The van der Waals surface area contributed by atoms with Gasteiger partial charge in [0.15, 0.2) is 0 Å². The fraction of sp³-hybridized carbons (Fsp3) is 0.250. The van der Waals surface area contributed by atoms with E-state index < -0.39 is 0 Å². The molecule has 0 radical (unpaired) electrons. The van der Waals surface area contributed by atoms with E-state index in [1.165, 1.54) is 22.8 Å². The Kier molecular flexibility index (Phi) is 4.99. The van der Waals surface area contributed by atoms with Crippen LogP contribution in [0.5, 0.6) is 0 Å². The molecule has 0 aliphatic heterocycles. The largest absolute Gasteiger partial charge is 0.309 e. The molecule has 0 spiro atoms. The predicted octanol–water partition coefficient (Wildman–Crippen LogP) is 5.28.